The van der Waals surface area contributed by atoms with Crippen molar-refractivity contribution in [1.82, 2.24) is 0 Å². The first-order valence-corrected chi connectivity index (χ1v) is 4.46. The number of benzene rings is 2. The molecule has 2 aromatic carbocycles. The van der Waals surface area contributed by atoms with Crippen LogP contribution in [-0.4, -0.2) is 0 Å². The Morgan fingerprint density at radius 1 is 1.00 bits per heavy atom. The van der Waals surface area contributed by atoms with Crippen molar-refractivity contribution in [3.05, 3.63) is 47.5 Å². The van der Waals surface area contributed by atoms with E-state index in [1.54, 1.807) is 13.0 Å². The smallest absolute Gasteiger partial charge is 0.205 e. The lowest BCUT2D eigenvalue weighted by atomic mass is 10.0. The second-order valence-corrected chi connectivity index (χ2v) is 3.30. The van der Waals surface area contributed by atoms with Gasteiger partial charge in [0.1, 0.15) is 0 Å². The topological polar surface area (TPSA) is 0 Å². The molecule has 0 nitrogen and oxygen atoms in total. The highest BCUT2D eigenvalue weighted by atomic mass is 19.3. The minimum atomic E-state index is -2.39. The molecule has 72 valence electrons. The molecule has 0 heterocycles. The lowest BCUT2D eigenvalue weighted by Gasteiger charge is -2.07. The Bertz CT molecular complexity index is 461. The van der Waals surface area contributed by atoms with Gasteiger partial charge < -0.3 is 0 Å². The van der Waals surface area contributed by atoms with E-state index in [-0.39, 0.29) is 5.56 Å². The molecule has 14 heavy (non-hydrogen) atoms. The molecular formula is C12H10F2. The Morgan fingerprint density at radius 3 is 2.43 bits per heavy atom. The summed E-state index contributed by atoms with van der Waals surface area (Å²) < 4.78 is 25.1. The van der Waals surface area contributed by atoms with Crippen molar-refractivity contribution in [2.75, 3.05) is 0 Å². The number of halogens is 2. The number of hydrogen-bond acceptors (Lipinski definition) is 0. The first-order valence-electron chi connectivity index (χ1n) is 4.46. The quantitative estimate of drug-likeness (QED) is 0.638. The van der Waals surface area contributed by atoms with Crippen LogP contribution in [-0.2, 0) is 0 Å². The Labute approximate surface area is 81.2 Å². The summed E-state index contributed by atoms with van der Waals surface area (Å²) >= 11 is 0. The lowest BCUT2D eigenvalue weighted by Crippen LogP contribution is -1.90. The molecule has 0 atom stereocenters. The normalized spacial score (nSPS) is 11.1. The predicted molar refractivity (Wildman–Crippen MR) is 53.6 cm³/mol. The molecule has 0 unspecified atom stereocenters. The monoisotopic (exact) mass is 192 g/mol. The zero-order valence-electron chi connectivity index (χ0n) is 7.80. The molecule has 0 aliphatic carbocycles. The fraction of sp³-hybridized carbons (Fsp3) is 0.167. The van der Waals surface area contributed by atoms with Gasteiger partial charge >= 0.3 is 0 Å². The zero-order chi connectivity index (χ0) is 10.1. The maximum Gasteiger partial charge on any atom is 0.264 e. The SMILES string of the molecule is Cc1c(C(F)F)ccc2ccccc12. The van der Waals surface area contributed by atoms with Crippen LogP contribution in [0.2, 0.25) is 0 Å². The average molecular weight is 192 g/mol. The van der Waals surface area contributed by atoms with E-state index in [0.717, 1.165) is 10.8 Å². The van der Waals surface area contributed by atoms with Crippen molar-refractivity contribution >= 4 is 10.8 Å². The molecule has 2 rings (SSSR count). The van der Waals surface area contributed by atoms with Gasteiger partial charge in [0, 0.05) is 5.56 Å². The van der Waals surface area contributed by atoms with Crippen LogP contribution in [0.3, 0.4) is 0 Å². The zero-order valence-corrected chi connectivity index (χ0v) is 7.80. The molecule has 0 radical (unpaired) electrons. The van der Waals surface area contributed by atoms with Crippen molar-refractivity contribution in [2.24, 2.45) is 0 Å². The Kier molecular flexibility index (Phi) is 2.20. The summed E-state index contributed by atoms with van der Waals surface area (Å²) in [5, 5.41) is 1.92. The Hall–Kier alpha value is -1.44. The number of alkyl halides is 2. The maximum absolute atomic E-state index is 12.6. The van der Waals surface area contributed by atoms with Gasteiger partial charge in [0.05, 0.1) is 0 Å². The van der Waals surface area contributed by atoms with Crippen molar-refractivity contribution in [3.63, 3.8) is 0 Å². The van der Waals surface area contributed by atoms with Gasteiger partial charge in [-0.1, -0.05) is 36.4 Å². The molecule has 0 aromatic heterocycles. The van der Waals surface area contributed by atoms with Crippen LogP contribution in [0.4, 0.5) is 8.78 Å². The first-order chi connectivity index (χ1) is 6.70. The van der Waals surface area contributed by atoms with Gasteiger partial charge in [0.15, 0.2) is 0 Å². The second kappa shape index (κ2) is 3.37. The average Bonchev–Trinajstić information content (AvgIpc) is 2.18. The highest BCUT2D eigenvalue weighted by Gasteiger charge is 2.11. The first kappa shape index (κ1) is 9.13. The van der Waals surface area contributed by atoms with Gasteiger partial charge in [0.2, 0.25) is 0 Å². The van der Waals surface area contributed by atoms with Crippen LogP contribution in [0.15, 0.2) is 36.4 Å². The molecule has 0 saturated carbocycles. The van der Waals surface area contributed by atoms with Crippen LogP contribution >= 0.6 is 0 Å². The number of fused-ring (bicyclic) bond motifs is 1. The van der Waals surface area contributed by atoms with E-state index in [4.69, 9.17) is 0 Å². The van der Waals surface area contributed by atoms with Crippen molar-refractivity contribution < 1.29 is 8.78 Å². The third-order valence-corrected chi connectivity index (χ3v) is 2.48. The van der Waals surface area contributed by atoms with E-state index in [1.807, 2.05) is 24.3 Å². The summed E-state index contributed by atoms with van der Waals surface area (Å²) in [6.07, 6.45) is -2.39. The van der Waals surface area contributed by atoms with Crippen molar-refractivity contribution in [1.29, 1.82) is 0 Å². The molecule has 0 fully saturated rings. The molecule has 2 heteroatoms. The molecule has 2 aromatic rings. The van der Waals surface area contributed by atoms with Gasteiger partial charge in [-0.05, 0) is 23.3 Å². The summed E-state index contributed by atoms with van der Waals surface area (Å²) in [6.45, 7) is 1.74. The van der Waals surface area contributed by atoms with Gasteiger partial charge in [-0.25, -0.2) is 8.78 Å². The van der Waals surface area contributed by atoms with E-state index in [2.05, 4.69) is 0 Å². The number of rotatable bonds is 1. The van der Waals surface area contributed by atoms with Crippen molar-refractivity contribution in [3.8, 4) is 0 Å². The van der Waals surface area contributed by atoms with E-state index in [0.29, 0.717) is 5.56 Å². The maximum atomic E-state index is 12.6. The summed E-state index contributed by atoms with van der Waals surface area (Å²) in [5.41, 5.74) is 0.807. The van der Waals surface area contributed by atoms with E-state index >= 15 is 0 Å². The molecule has 0 bridgehead atoms. The summed E-state index contributed by atoms with van der Waals surface area (Å²) in [4.78, 5) is 0. The predicted octanol–water partition coefficient (Wildman–Crippen LogP) is 4.09. The van der Waals surface area contributed by atoms with Gasteiger partial charge in [0.25, 0.3) is 6.43 Å². The highest BCUT2D eigenvalue weighted by Crippen LogP contribution is 2.28. The minimum Gasteiger partial charge on any atom is -0.205 e. The van der Waals surface area contributed by atoms with Crippen LogP contribution < -0.4 is 0 Å². The van der Waals surface area contributed by atoms with Gasteiger partial charge in [-0.3, -0.25) is 0 Å². The molecular weight excluding hydrogens is 182 g/mol. The number of hydrogen-bond donors (Lipinski definition) is 0. The minimum absolute atomic E-state index is 0.128. The molecule has 0 aliphatic heterocycles. The second-order valence-electron chi connectivity index (χ2n) is 3.30. The van der Waals surface area contributed by atoms with E-state index < -0.39 is 6.43 Å². The molecule has 0 amide bonds. The number of aryl methyl sites for hydroxylation is 1. The third kappa shape index (κ3) is 1.37. The van der Waals surface area contributed by atoms with Crippen LogP contribution in [0.1, 0.15) is 17.6 Å². The fourth-order valence-corrected chi connectivity index (χ4v) is 1.68. The molecule has 0 spiro atoms. The third-order valence-electron chi connectivity index (χ3n) is 2.48. The van der Waals surface area contributed by atoms with Gasteiger partial charge in [-0.2, -0.15) is 0 Å². The molecule has 0 N–H and O–H groups in total. The van der Waals surface area contributed by atoms with Crippen LogP contribution in [0, 0.1) is 6.92 Å². The Balaban J connectivity index is 2.75. The summed E-state index contributed by atoms with van der Waals surface area (Å²) in [6, 6.07) is 10.8. The summed E-state index contributed by atoms with van der Waals surface area (Å²) in [7, 11) is 0. The molecule has 0 aliphatic rings. The lowest BCUT2D eigenvalue weighted by molar-refractivity contribution is 0.151. The largest absolute Gasteiger partial charge is 0.264 e. The Morgan fingerprint density at radius 2 is 1.71 bits per heavy atom. The van der Waals surface area contributed by atoms with Crippen LogP contribution in [0.5, 0.6) is 0 Å². The summed E-state index contributed by atoms with van der Waals surface area (Å²) in [5.74, 6) is 0. The highest BCUT2D eigenvalue weighted by molar-refractivity contribution is 5.86. The molecule has 0 saturated heterocycles. The van der Waals surface area contributed by atoms with Gasteiger partial charge in [-0.15, -0.1) is 0 Å². The van der Waals surface area contributed by atoms with Crippen molar-refractivity contribution in [2.45, 2.75) is 13.3 Å². The standard InChI is InChI=1S/C12H10F2/c1-8-10-5-3-2-4-9(10)6-7-11(8)12(13)14/h2-7,12H,1H3. The van der Waals surface area contributed by atoms with E-state index in [1.165, 1.54) is 6.07 Å². The fourth-order valence-electron chi connectivity index (χ4n) is 1.68. The van der Waals surface area contributed by atoms with Crippen LogP contribution in [0.25, 0.3) is 10.8 Å². The van der Waals surface area contributed by atoms with E-state index in [9.17, 15) is 8.78 Å².